The van der Waals surface area contributed by atoms with Crippen LogP contribution in [0.3, 0.4) is 0 Å². The van der Waals surface area contributed by atoms with Crippen LogP contribution < -0.4 is 29.2 Å². The summed E-state index contributed by atoms with van der Waals surface area (Å²) in [7, 11) is -3.07. The van der Waals surface area contributed by atoms with Crippen molar-refractivity contribution in [3.05, 3.63) is 66.4 Å². The van der Waals surface area contributed by atoms with E-state index >= 15 is 0 Å². The number of rotatable bonds is 8. The van der Waals surface area contributed by atoms with E-state index in [1.165, 1.54) is 6.26 Å². The van der Waals surface area contributed by atoms with Crippen LogP contribution in [0.2, 0.25) is 0 Å². The van der Waals surface area contributed by atoms with E-state index < -0.39 is 31.5 Å². The fourth-order valence-electron chi connectivity index (χ4n) is 2.47. The van der Waals surface area contributed by atoms with Gasteiger partial charge in [0.1, 0.15) is 0 Å². The molecule has 5 nitrogen and oxygen atoms in total. The number of alkyl halides is 1. The Kier molecular flexibility index (Phi) is 5.98. The Morgan fingerprint density at radius 1 is 1.12 bits per heavy atom. The zero-order chi connectivity index (χ0) is 17.7. The van der Waals surface area contributed by atoms with Crippen LogP contribution in [0.5, 0.6) is 5.75 Å². The van der Waals surface area contributed by atoms with Crippen molar-refractivity contribution in [2.45, 2.75) is 13.2 Å². The molecule has 1 aromatic heterocycles. The van der Waals surface area contributed by atoms with E-state index in [1.54, 1.807) is 0 Å². The number of ether oxygens (including phenoxy) is 1. The number of aryl methyl sites for hydroxylation is 1. The molecule has 1 heterocycles. The van der Waals surface area contributed by atoms with Crippen LogP contribution in [0.4, 0.5) is 0 Å². The molecule has 0 saturated heterocycles. The van der Waals surface area contributed by atoms with Gasteiger partial charge in [0.15, 0.2) is 0 Å². The molecule has 25 heavy (non-hydrogen) atoms. The number of halogens is 1. The second kappa shape index (κ2) is 8.20. The minimum absolute atomic E-state index is 0.550. The van der Waals surface area contributed by atoms with Gasteiger partial charge in [-0.3, -0.25) is 0 Å². The SMILES string of the molecule is CS(=O)(=O)N[I-]CCn1ccc2cc(OCc3ccccc3)ccc21. The van der Waals surface area contributed by atoms with Crippen LogP contribution in [0.15, 0.2) is 60.8 Å². The number of nitrogens with one attached hydrogen (secondary N) is 1. The van der Waals surface area contributed by atoms with Crippen molar-refractivity contribution in [1.29, 1.82) is 0 Å². The van der Waals surface area contributed by atoms with Crippen molar-refractivity contribution in [2.24, 2.45) is 0 Å². The molecule has 0 radical (unpaired) electrons. The summed E-state index contributed by atoms with van der Waals surface area (Å²) < 4.78 is 33.7. The van der Waals surface area contributed by atoms with E-state index in [0.29, 0.717) is 6.61 Å². The molecule has 0 saturated carbocycles. The van der Waals surface area contributed by atoms with Gasteiger partial charge in [-0.2, -0.15) is 0 Å². The first kappa shape index (κ1) is 18.2. The van der Waals surface area contributed by atoms with Crippen molar-refractivity contribution in [3.63, 3.8) is 0 Å². The summed E-state index contributed by atoms with van der Waals surface area (Å²) in [5, 5.41) is 1.12. The van der Waals surface area contributed by atoms with Gasteiger partial charge in [-0.15, -0.1) is 0 Å². The normalized spacial score (nSPS) is 11.9. The molecule has 0 bridgehead atoms. The minimum atomic E-state index is -3.07. The standard InChI is InChI=1S/C18H20IN2O3S/c1-25(22,23)20-19-10-12-21-11-9-16-13-17(7-8-18(16)21)24-14-15-5-3-2-4-6-15/h2-9,11,13,20H,10,12,14H2,1H3/q-1. The number of aromatic nitrogens is 1. The predicted molar refractivity (Wildman–Crippen MR) is 95.6 cm³/mol. The summed E-state index contributed by atoms with van der Waals surface area (Å²) in [6.07, 6.45) is 3.24. The third kappa shape index (κ3) is 5.45. The zero-order valence-corrected chi connectivity index (χ0v) is 16.8. The van der Waals surface area contributed by atoms with Crippen molar-refractivity contribution in [1.82, 2.24) is 7.50 Å². The monoisotopic (exact) mass is 471 g/mol. The van der Waals surface area contributed by atoms with Gasteiger partial charge in [0.05, 0.1) is 0 Å². The van der Waals surface area contributed by atoms with Gasteiger partial charge in [0, 0.05) is 0 Å². The number of sulfonamides is 1. The van der Waals surface area contributed by atoms with E-state index in [2.05, 4.69) is 19.6 Å². The van der Waals surface area contributed by atoms with Gasteiger partial charge < -0.3 is 0 Å². The second-order valence-electron chi connectivity index (χ2n) is 5.68. The molecule has 0 unspecified atom stereocenters. The molecule has 0 fully saturated rings. The number of hydrogen-bond donors (Lipinski definition) is 1. The van der Waals surface area contributed by atoms with Gasteiger partial charge in [-0.25, -0.2) is 0 Å². The number of fused-ring (bicyclic) bond motifs is 1. The first-order valence-corrected chi connectivity index (χ1v) is 12.3. The fraction of sp³-hybridized carbons (Fsp3) is 0.222. The molecule has 2 aromatic carbocycles. The third-order valence-electron chi connectivity index (χ3n) is 3.61. The first-order chi connectivity index (χ1) is 12.0. The Hall–Kier alpha value is -1.58. The molecule has 1 N–H and O–H groups in total. The average molecular weight is 471 g/mol. The van der Waals surface area contributed by atoms with Crippen LogP contribution in [0.25, 0.3) is 10.9 Å². The summed E-state index contributed by atoms with van der Waals surface area (Å²) in [5.74, 6) is 0.847. The number of benzene rings is 2. The van der Waals surface area contributed by atoms with Crippen molar-refractivity contribution < 1.29 is 34.6 Å². The molecule has 7 heteroatoms. The van der Waals surface area contributed by atoms with Gasteiger partial charge in [0.25, 0.3) is 0 Å². The van der Waals surface area contributed by atoms with E-state index in [4.69, 9.17) is 4.74 Å². The van der Waals surface area contributed by atoms with Crippen LogP contribution in [0, 0.1) is 0 Å². The zero-order valence-electron chi connectivity index (χ0n) is 13.9. The fourth-order valence-corrected chi connectivity index (χ4v) is 5.87. The summed E-state index contributed by atoms with van der Waals surface area (Å²) in [4.78, 5) is 0. The Morgan fingerprint density at radius 3 is 2.68 bits per heavy atom. The molecular formula is C18H20IN2O3S-. The predicted octanol–water partition coefficient (Wildman–Crippen LogP) is -0.226. The molecular weight excluding hydrogens is 451 g/mol. The topological polar surface area (TPSA) is 60.3 Å². The molecule has 0 atom stereocenters. The quantitative estimate of drug-likeness (QED) is 0.214. The summed E-state index contributed by atoms with van der Waals surface area (Å²) in [6.45, 7) is 1.36. The summed E-state index contributed by atoms with van der Waals surface area (Å²) in [5.41, 5.74) is 2.28. The summed E-state index contributed by atoms with van der Waals surface area (Å²) >= 11 is -0.550. The molecule has 0 aliphatic rings. The molecule has 3 rings (SSSR count). The average Bonchev–Trinajstić information content (AvgIpc) is 2.99. The molecule has 0 amide bonds. The van der Waals surface area contributed by atoms with Crippen LogP contribution >= 0.6 is 0 Å². The van der Waals surface area contributed by atoms with Crippen molar-refractivity contribution >= 4 is 20.9 Å². The Bertz CT molecular complexity index is 939. The van der Waals surface area contributed by atoms with Crippen molar-refractivity contribution in [3.8, 4) is 5.75 Å². The van der Waals surface area contributed by atoms with E-state index in [0.717, 1.165) is 33.2 Å². The Labute approximate surface area is 158 Å². The third-order valence-corrected chi connectivity index (χ3v) is 8.35. The van der Waals surface area contributed by atoms with Gasteiger partial charge in [0.2, 0.25) is 0 Å². The van der Waals surface area contributed by atoms with Crippen LogP contribution in [-0.4, -0.2) is 23.7 Å². The maximum absolute atomic E-state index is 11.1. The molecule has 3 aromatic rings. The molecule has 0 aliphatic heterocycles. The second-order valence-corrected chi connectivity index (χ2v) is 10.5. The maximum atomic E-state index is 11.1. The number of nitrogens with zero attached hydrogens (tertiary/aromatic N) is 1. The Balaban J connectivity index is 1.60. The van der Waals surface area contributed by atoms with Gasteiger partial charge in [-0.05, 0) is 0 Å². The molecule has 0 aliphatic carbocycles. The van der Waals surface area contributed by atoms with Crippen LogP contribution in [-0.2, 0) is 23.2 Å². The van der Waals surface area contributed by atoms with Crippen molar-refractivity contribution in [2.75, 3.05) is 10.7 Å². The Morgan fingerprint density at radius 2 is 1.92 bits per heavy atom. The van der Waals surface area contributed by atoms with Crippen LogP contribution in [0.1, 0.15) is 5.56 Å². The van der Waals surface area contributed by atoms with E-state index in [1.807, 2.05) is 48.7 Å². The summed E-state index contributed by atoms with van der Waals surface area (Å²) in [6, 6.07) is 18.2. The van der Waals surface area contributed by atoms with Gasteiger partial charge >= 0.3 is 153 Å². The van der Waals surface area contributed by atoms with E-state index in [-0.39, 0.29) is 0 Å². The van der Waals surface area contributed by atoms with Gasteiger partial charge in [-0.1, -0.05) is 6.07 Å². The molecule has 0 spiro atoms. The number of hydrogen-bond acceptors (Lipinski definition) is 3. The first-order valence-electron chi connectivity index (χ1n) is 7.82. The van der Waals surface area contributed by atoms with E-state index in [9.17, 15) is 8.42 Å². The molecule has 134 valence electrons.